The lowest BCUT2D eigenvalue weighted by atomic mass is 10.1. The maximum Gasteiger partial charge on any atom is 0.181 e. The number of aryl methyl sites for hydroxylation is 1. The van der Waals surface area contributed by atoms with Gasteiger partial charge in [0, 0.05) is 23.6 Å². The SMILES string of the molecule is C=P(COc1cc(C)ccc1/C=C1\SC(N2CCCCN2)=NC1O)(OCC)OCC. The van der Waals surface area contributed by atoms with E-state index in [9.17, 15) is 5.11 Å². The van der Waals surface area contributed by atoms with Crippen LogP contribution in [-0.2, 0) is 9.05 Å². The molecule has 0 saturated carbocycles. The van der Waals surface area contributed by atoms with Gasteiger partial charge in [0.2, 0.25) is 0 Å². The summed E-state index contributed by atoms with van der Waals surface area (Å²) in [5.41, 5.74) is 5.30. The number of thioether (sulfide) groups is 1. The lowest BCUT2D eigenvalue weighted by molar-refractivity contribution is 0.224. The molecule has 1 unspecified atom stereocenters. The number of rotatable bonds is 8. The molecule has 2 aliphatic rings. The normalized spacial score (nSPS) is 21.2. The standard InChI is InChI=1S/C21H32N3O4PS/c1-5-27-29(4,28-6-2)15-26-18-13-16(3)9-10-17(18)14-19-20(25)23-21(30-19)24-12-8-7-11-22-24/h9-10,13-14,20,22,25H,4-8,11-12,15H2,1-3H3/b19-14-. The maximum absolute atomic E-state index is 10.5. The van der Waals surface area contributed by atoms with Crippen molar-refractivity contribution in [1.29, 1.82) is 0 Å². The fourth-order valence-corrected chi connectivity index (χ4v) is 5.70. The minimum Gasteiger partial charge on any atom is -0.484 e. The minimum atomic E-state index is -2.33. The first-order chi connectivity index (χ1) is 14.4. The molecule has 0 aromatic heterocycles. The van der Waals surface area contributed by atoms with E-state index in [2.05, 4.69) is 16.7 Å². The van der Waals surface area contributed by atoms with Crippen molar-refractivity contribution in [3.63, 3.8) is 0 Å². The fraction of sp³-hybridized carbons (Fsp3) is 0.524. The molecule has 2 heterocycles. The number of aliphatic imine (C=N–C) groups is 1. The van der Waals surface area contributed by atoms with Gasteiger partial charge >= 0.3 is 0 Å². The van der Waals surface area contributed by atoms with Crippen LogP contribution in [-0.4, -0.2) is 60.5 Å². The lowest BCUT2D eigenvalue weighted by Crippen LogP contribution is -2.45. The molecule has 0 spiro atoms. The molecule has 1 aromatic rings. The van der Waals surface area contributed by atoms with Gasteiger partial charge in [-0.15, -0.1) is 0 Å². The topological polar surface area (TPSA) is 75.6 Å². The molecule has 1 fully saturated rings. The third-order valence-electron chi connectivity index (χ3n) is 4.65. The Morgan fingerprint density at radius 2 is 2.10 bits per heavy atom. The molecule has 1 aromatic carbocycles. The summed E-state index contributed by atoms with van der Waals surface area (Å²) in [6.45, 7) is 8.75. The van der Waals surface area contributed by atoms with Gasteiger partial charge in [0.25, 0.3) is 0 Å². The number of benzene rings is 1. The predicted octanol–water partition coefficient (Wildman–Crippen LogP) is 4.05. The van der Waals surface area contributed by atoms with E-state index in [-0.39, 0.29) is 6.35 Å². The first kappa shape index (κ1) is 23.4. The smallest absolute Gasteiger partial charge is 0.181 e. The third kappa shape index (κ3) is 6.13. The molecule has 0 radical (unpaired) electrons. The van der Waals surface area contributed by atoms with Crippen LogP contribution in [0.3, 0.4) is 0 Å². The monoisotopic (exact) mass is 453 g/mol. The van der Waals surface area contributed by atoms with E-state index in [1.165, 1.54) is 11.8 Å². The van der Waals surface area contributed by atoms with Crippen molar-refractivity contribution in [2.24, 2.45) is 4.99 Å². The average molecular weight is 454 g/mol. The summed E-state index contributed by atoms with van der Waals surface area (Å²) >= 11 is 1.49. The van der Waals surface area contributed by atoms with Gasteiger partial charge in [-0.25, -0.2) is 10.4 Å². The Hall–Kier alpha value is -1.28. The van der Waals surface area contributed by atoms with Crippen LogP contribution >= 0.6 is 19.1 Å². The molecule has 30 heavy (non-hydrogen) atoms. The summed E-state index contributed by atoms with van der Waals surface area (Å²) in [7, 11) is -2.33. The van der Waals surface area contributed by atoms with E-state index in [1.807, 2.05) is 50.1 Å². The van der Waals surface area contributed by atoms with E-state index in [4.69, 9.17) is 13.8 Å². The van der Waals surface area contributed by atoms with Crippen molar-refractivity contribution >= 4 is 36.6 Å². The van der Waals surface area contributed by atoms with Crippen molar-refractivity contribution < 1.29 is 18.9 Å². The van der Waals surface area contributed by atoms with Crippen molar-refractivity contribution in [3.8, 4) is 5.75 Å². The molecular weight excluding hydrogens is 421 g/mol. The second-order valence-corrected chi connectivity index (χ2v) is 10.6. The van der Waals surface area contributed by atoms with Gasteiger partial charge in [-0.1, -0.05) is 23.9 Å². The maximum atomic E-state index is 10.5. The van der Waals surface area contributed by atoms with Crippen molar-refractivity contribution in [1.82, 2.24) is 10.4 Å². The number of hydrazine groups is 1. The van der Waals surface area contributed by atoms with Crippen LogP contribution in [0.5, 0.6) is 5.75 Å². The summed E-state index contributed by atoms with van der Waals surface area (Å²) in [5, 5.41) is 13.3. The zero-order valence-corrected chi connectivity index (χ0v) is 19.7. The first-order valence-electron chi connectivity index (χ1n) is 10.4. The Morgan fingerprint density at radius 3 is 2.77 bits per heavy atom. The highest BCUT2D eigenvalue weighted by Crippen LogP contribution is 2.47. The average Bonchev–Trinajstić information content (AvgIpc) is 3.10. The highest BCUT2D eigenvalue weighted by Gasteiger charge is 2.27. The molecule has 1 saturated heterocycles. The van der Waals surface area contributed by atoms with Gasteiger partial charge in [0.1, 0.15) is 5.75 Å². The molecule has 7 nitrogen and oxygen atoms in total. The number of ether oxygens (including phenoxy) is 1. The molecule has 9 heteroatoms. The number of nitrogens with one attached hydrogen (secondary N) is 1. The number of hydrogen-bond acceptors (Lipinski definition) is 8. The predicted molar refractivity (Wildman–Crippen MR) is 127 cm³/mol. The number of aliphatic hydroxyl groups is 1. The van der Waals surface area contributed by atoms with Gasteiger partial charge in [-0.05, 0) is 57.6 Å². The Balaban J connectivity index is 1.76. The molecule has 0 aliphatic carbocycles. The Kier molecular flexibility index (Phi) is 8.45. The van der Waals surface area contributed by atoms with Gasteiger partial charge in [-0.2, -0.15) is 0 Å². The summed E-state index contributed by atoms with van der Waals surface area (Å²) in [6, 6.07) is 6.00. The van der Waals surface area contributed by atoms with Crippen molar-refractivity contribution in [3.05, 3.63) is 34.2 Å². The van der Waals surface area contributed by atoms with E-state index in [0.29, 0.717) is 19.0 Å². The summed E-state index contributed by atoms with van der Waals surface area (Å²) in [6.07, 6.45) is 7.76. The Morgan fingerprint density at radius 1 is 1.33 bits per heavy atom. The molecule has 2 N–H and O–H groups in total. The molecular formula is C21H32N3O4PS. The summed E-state index contributed by atoms with van der Waals surface area (Å²) in [5.74, 6) is 0.715. The van der Waals surface area contributed by atoms with Crippen LogP contribution in [0.15, 0.2) is 28.1 Å². The van der Waals surface area contributed by atoms with Crippen LogP contribution in [0.1, 0.15) is 37.8 Å². The van der Waals surface area contributed by atoms with Crippen LogP contribution in [0.4, 0.5) is 0 Å². The molecule has 2 aliphatic heterocycles. The van der Waals surface area contributed by atoms with Crippen molar-refractivity contribution in [2.45, 2.75) is 39.8 Å². The highest BCUT2D eigenvalue weighted by molar-refractivity contribution is 8.17. The minimum absolute atomic E-state index is 0.267. The zero-order chi connectivity index (χ0) is 21.6. The van der Waals surface area contributed by atoms with E-state index in [0.717, 1.165) is 47.1 Å². The van der Waals surface area contributed by atoms with Crippen molar-refractivity contribution in [2.75, 3.05) is 32.7 Å². The molecule has 3 rings (SSSR count). The second-order valence-electron chi connectivity index (χ2n) is 7.17. The summed E-state index contributed by atoms with van der Waals surface area (Å²) in [4.78, 5) is 5.19. The van der Waals surface area contributed by atoms with Gasteiger partial charge < -0.3 is 18.9 Å². The molecule has 0 amide bonds. The van der Waals surface area contributed by atoms with Crippen LogP contribution in [0.2, 0.25) is 0 Å². The number of hydrogen-bond donors (Lipinski definition) is 2. The largest absolute Gasteiger partial charge is 0.484 e. The fourth-order valence-electron chi connectivity index (χ4n) is 3.22. The van der Waals surface area contributed by atoms with E-state index >= 15 is 0 Å². The lowest BCUT2D eigenvalue weighted by Gasteiger charge is -2.28. The summed E-state index contributed by atoms with van der Waals surface area (Å²) < 4.78 is 17.6. The Labute approximate surface area is 183 Å². The van der Waals surface area contributed by atoms with E-state index in [1.54, 1.807) is 0 Å². The van der Waals surface area contributed by atoms with Gasteiger partial charge in [0.15, 0.2) is 25.1 Å². The highest BCUT2D eigenvalue weighted by atomic mass is 32.2. The third-order valence-corrected chi connectivity index (χ3v) is 7.70. The number of aliphatic hydroxyl groups excluding tert-OH is 1. The van der Waals surface area contributed by atoms with Crippen LogP contribution in [0.25, 0.3) is 6.08 Å². The quantitative estimate of drug-likeness (QED) is 0.575. The zero-order valence-electron chi connectivity index (χ0n) is 18.0. The Bertz CT molecular complexity index is 830. The van der Waals surface area contributed by atoms with Crippen LogP contribution in [0, 0.1) is 6.92 Å². The molecule has 0 bridgehead atoms. The number of amidine groups is 1. The van der Waals surface area contributed by atoms with E-state index < -0.39 is 13.6 Å². The van der Waals surface area contributed by atoms with Gasteiger partial charge in [0.05, 0.1) is 13.2 Å². The first-order valence-corrected chi connectivity index (χ1v) is 13.2. The number of nitrogens with zero attached hydrogens (tertiary/aromatic N) is 2. The van der Waals surface area contributed by atoms with Gasteiger partial charge in [-0.3, -0.25) is 5.01 Å². The molecule has 1 atom stereocenters. The van der Waals surface area contributed by atoms with Crippen LogP contribution < -0.4 is 10.2 Å². The molecule has 166 valence electrons. The second kappa shape index (κ2) is 10.8.